The summed E-state index contributed by atoms with van der Waals surface area (Å²) in [6, 6.07) is 7.58. The zero-order chi connectivity index (χ0) is 20.5. The average Bonchev–Trinajstić information content (AvgIpc) is 3.24. The fourth-order valence-corrected chi connectivity index (χ4v) is 3.43. The summed E-state index contributed by atoms with van der Waals surface area (Å²) in [5.41, 5.74) is 0.690. The lowest BCUT2D eigenvalue weighted by Crippen LogP contribution is -2.20. The van der Waals surface area contributed by atoms with Crippen molar-refractivity contribution in [2.45, 2.75) is 11.8 Å². The van der Waals surface area contributed by atoms with E-state index in [2.05, 4.69) is 25.5 Å². The molecule has 0 aliphatic carbocycles. The quantitative estimate of drug-likeness (QED) is 0.485. The van der Waals surface area contributed by atoms with Gasteiger partial charge in [0.2, 0.25) is 11.9 Å². The molecule has 0 saturated carbocycles. The van der Waals surface area contributed by atoms with Crippen molar-refractivity contribution in [3.8, 4) is 5.95 Å². The van der Waals surface area contributed by atoms with Gasteiger partial charge in [0.1, 0.15) is 17.0 Å². The van der Waals surface area contributed by atoms with E-state index < -0.39 is 0 Å². The van der Waals surface area contributed by atoms with E-state index in [4.69, 9.17) is 0 Å². The number of hydrogen-bond acceptors (Lipinski definition) is 6. The van der Waals surface area contributed by atoms with Crippen LogP contribution in [0.25, 0.3) is 17.0 Å². The van der Waals surface area contributed by atoms with Crippen LogP contribution in [0.2, 0.25) is 0 Å². The molecule has 0 fully saturated rings. The molecular weight excluding hydrogens is 397 g/mol. The highest BCUT2D eigenvalue weighted by Gasteiger charge is 2.15. The number of benzene rings is 1. The molecule has 0 aliphatic heterocycles. The number of aryl methyl sites for hydroxylation is 2. The number of halogens is 1. The van der Waals surface area contributed by atoms with Crippen molar-refractivity contribution >= 4 is 34.5 Å². The van der Waals surface area contributed by atoms with Gasteiger partial charge >= 0.3 is 0 Å². The number of carbonyl (C=O) groups is 1. The summed E-state index contributed by atoms with van der Waals surface area (Å²) in [6.45, 7) is 1.76. The SMILES string of the molecule is Cc1cc(NC(=O)CSc2ccc(F)cc2)n(-c2nc3c(cnn3C)c(=O)[nH]2)n1. The van der Waals surface area contributed by atoms with E-state index in [1.54, 1.807) is 32.2 Å². The van der Waals surface area contributed by atoms with Crippen LogP contribution < -0.4 is 10.9 Å². The van der Waals surface area contributed by atoms with Gasteiger partial charge in [-0.3, -0.25) is 19.3 Å². The molecule has 0 atom stereocenters. The zero-order valence-corrected chi connectivity index (χ0v) is 16.3. The van der Waals surface area contributed by atoms with Gasteiger partial charge in [-0.1, -0.05) is 0 Å². The first-order valence-electron chi connectivity index (χ1n) is 8.58. The second-order valence-electron chi connectivity index (χ2n) is 6.27. The highest BCUT2D eigenvalue weighted by Crippen LogP contribution is 2.20. The van der Waals surface area contributed by atoms with Gasteiger partial charge in [-0.2, -0.15) is 19.9 Å². The van der Waals surface area contributed by atoms with E-state index in [1.807, 2.05) is 0 Å². The van der Waals surface area contributed by atoms with Crippen LogP contribution in [0.3, 0.4) is 0 Å². The summed E-state index contributed by atoms with van der Waals surface area (Å²) in [5, 5.41) is 11.5. The molecule has 0 unspecified atom stereocenters. The average molecular weight is 413 g/mol. The Kier molecular flexibility index (Phi) is 4.89. The summed E-state index contributed by atoms with van der Waals surface area (Å²) in [5.74, 6) is 0.0627. The molecule has 0 bridgehead atoms. The summed E-state index contributed by atoms with van der Waals surface area (Å²) < 4.78 is 15.8. The van der Waals surface area contributed by atoms with Crippen LogP contribution in [-0.2, 0) is 11.8 Å². The number of nitrogens with one attached hydrogen (secondary N) is 2. The van der Waals surface area contributed by atoms with Crippen molar-refractivity contribution in [1.82, 2.24) is 29.5 Å². The standard InChI is InChI=1S/C18H16FN7O2S/c1-10-7-14(21-15(27)9-29-12-5-3-11(19)4-6-12)26(24-10)18-22-16-13(17(28)23-18)8-20-25(16)2/h3-8H,9H2,1-2H3,(H,21,27)(H,22,23,28). The Morgan fingerprint density at radius 2 is 2.07 bits per heavy atom. The van der Waals surface area contributed by atoms with E-state index in [9.17, 15) is 14.0 Å². The van der Waals surface area contributed by atoms with Crippen LogP contribution in [0.5, 0.6) is 0 Å². The Balaban J connectivity index is 1.57. The number of thioether (sulfide) groups is 1. The first-order chi connectivity index (χ1) is 13.9. The highest BCUT2D eigenvalue weighted by molar-refractivity contribution is 8.00. The van der Waals surface area contributed by atoms with Crippen molar-refractivity contribution in [1.29, 1.82) is 0 Å². The first-order valence-corrected chi connectivity index (χ1v) is 9.56. The molecule has 1 amide bonds. The van der Waals surface area contributed by atoms with Gasteiger partial charge in [-0.15, -0.1) is 11.8 Å². The molecule has 148 valence electrons. The Morgan fingerprint density at radius 1 is 1.31 bits per heavy atom. The van der Waals surface area contributed by atoms with Crippen LogP contribution in [0.15, 0.2) is 46.2 Å². The Labute approximate surface area is 168 Å². The minimum atomic E-state index is -0.351. The largest absolute Gasteiger partial charge is 0.310 e. The predicted octanol–water partition coefficient (Wildman–Crippen LogP) is 2.02. The summed E-state index contributed by atoms with van der Waals surface area (Å²) >= 11 is 1.28. The smallest absolute Gasteiger partial charge is 0.263 e. The Morgan fingerprint density at radius 3 is 2.83 bits per heavy atom. The van der Waals surface area contributed by atoms with Crippen LogP contribution in [0.4, 0.5) is 10.2 Å². The van der Waals surface area contributed by atoms with Crippen molar-refractivity contribution in [3.05, 3.63) is 58.4 Å². The van der Waals surface area contributed by atoms with Crippen LogP contribution in [0, 0.1) is 12.7 Å². The first kappa shape index (κ1) is 18.9. The van der Waals surface area contributed by atoms with Gasteiger partial charge in [0.25, 0.3) is 5.56 Å². The number of carbonyl (C=O) groups excluding carboxylic acids is 1. The van der Waals surface area contributed by atoms with Gasteiger partial charge in [-0.25, -0.2) is 4.39 Å². The number of amides is 1. The number of anilines is 1. The van der Waals surface area contributed by atoms with Crippen LogP contribution in [-0.4, -0.2) is 41.2 Å². The fourth-order valence-electron chi connectivity index (χ4n) is 2.73. The number of nitrogens with zero attached hydrogens (tertiary/aromatic N) is 5. The summed E-state index contributed by atoms with van der Waals surface area (Å²) in [6.07, 6.45) is 1.44. The Bertz CT molecular complexity index is 1260. The maximum atomic E-state index is 13.0. The topological polar surface area (TPSA) is 110 Å². The third kappa shape index (κ3) is 3.90. The number of aromatic nitrogens is 6. The zero-order valence-electron chi connectivity index (χ0n) is 15.5. The predicted molar refractivity (Wildman–Crippen MR) is 107 cm³/mol. The second-order valence-corrected chi connectivity index (χ2v) is 7.32. The molecule has 0 saturated heterocycles. The maximum Gasteiger partial charge on any atom is 0.263 e. The van der Waals surface area contributed by atoms with E-state index >= 15 is 0 Å². The van der Waals surface area contributed by atoms with E-state index in [0.29, 0.717) is 22.5 Å². The van der Waals surface area contributed by atoms with Crippen molar-refractivity contribution in [3.63, 3.8) is 0 Å². The number of H-pyrrole nitrogens is 1. The van der Waals surface area contributed by atoms with Crippen molar-refractivity contribution < 1.29 is 9.18 Å². The molecule has 0 radical (unpaired) electrons. The highest BCUT2D eigenvalue weighted by atomic mass is 32.2. The molecular formula is C18H16FN7O2S. The van der Waals surface area contributed by atoms with E-state index in [-0.39, 0.29) is 29.0 Å². The van der Waals surface area contributed by atoms with Gasteiger partial charge in [0.05, 0.1) is 17.6 Å². The summed E-state index contributed by atoms with van der Waals surface area (Å²) in [4.78, 5) is 32.5. The van der Waals surface area contributed by atoms with E-state index in [0.717, 1.165) is 4.90 Å². The molecule has 11 heteroatoms. The molecule has 4 rings (SSSR count). The molecule has 4 aromatic rings. The minimum absolute atomic E-state index is 0.126. The van der Waals surface area contributed by atoms with Crippen LogP contribution in [0.1, 0.15) is 5.69 Å². The second kappa shape index (κ2) is 7.51. The minimum Gasteiger partial charge on any atom is -0.310 e. The Hall–Kier alpha value is -3.47. The molecule has 2 N–H and O–H groups in total. The number of aromatic amines is 1. The molecule has 0 aliphatic rings. The molecule has 3 aromatic heterocycles. The fraction of sp³-hybridized carbons (Fsp3) is 0.167. The lowest BCUT2D eigenvalue weighted by atomic mass is 10.4. The molecule has 29 heavy (non-hydrogen) atoms. The van der Waals surface area contributed by atoms with Gasteiger partial charge in [0, 0.05) is 18.0 Å². The maximum absolute atomic E-state index is 13.0. The molecule has 9 nitrogen and oxygen atoms in total. The van der Waals surface area contributed by atoms with Gasteiger partial charge in [0.15, 0.2) is 5.65 Å². The third-order valence-corrected chi connectivity index (χ3v) is 5.08. The van der Waals surface area contributed by atoms with Gasteiger partial charge < -0.3 is 5.32 Å². The third-order valence-electron chi connectivity index (χ3n) is 4.07. The van der Waals surface area contributed by atoms with Crippen LogP contribution >= 0.6 is 11.8 Å². The molecule has 0 spiro atoms. The van der Waals surface area contributed by atoms with Gasteiger partial charge in [-0.05, 0) is 31.2 Å². The number of hydrogen-bond donors (Lipinski definition) is 2. The normalized spacial score (nSPS) is 11.1. The van der Waals surface area contributed by atoms with Crippen molar-refractivity contribution in [2.24, 2.45) is 7.05 Å². The number of fused-ring (bicyclic) bond motifs is 1. The lowest BCUT2D eigenvalue weighted by Gasteiger charge is -2.08. The van der Waals surface area contributed by atoms with E-state index in [1.165, 1.54) is 39.5 Å². The number of rotatable bonds is 5. The monoisotopic (exact) mass is 413 g/mol. The molecule has 3 heterocycles. The lowest BCUT2D eigenvalue weighted by molar-refractivity contribution is -0.113. The summed E-state index contributed by atoms with van der Waals surface area (Å²) in [7, 11) is 1.68. The van der Waals surface area contributed by atoms with Crippen molar-refractivity contribution in [2.75, 3.05) is 11.1 Å². The molecule has 1 aromatic carbocycles.